The molecule has 3 nitrogen and oxygen atoms in total. The summed E-state index contributed by atoms with van der Waals surface area (Å²) in [6, 6.07) is 56.6. The van der Waals surface area contributed by atoms with Gasteiger partial charge in [0, 0.05) is 71.4 Å². The number of benzene rings is 7. The summed E-state index contributed by atoms with van der Waals surface area (Å²) in [5, 5.41) is 7.84. The third-order valence-corrected chi connectivity index (χ3v) is 11.9. The van der Waals surface area contributed by atoms with E-state index in [1.165, 1.54) is 92.0 Å². The van der Waals surface area contributed by atoms with Crippen molar-refractivity contribution in [1.82, 2.24) is 9.13 Å². The normalized spacial score (nSPS) is 13.8. The Morgan fingerprint density at radius 3 is 1.62 bits per heavy atom. The lowest BCUT2D eigenvalue weighted by Gasteiger charge is -2.22. The van der Waals surface area contributed by atoms with Crippen LogP contribution in [0.3, 0.4) is 0 Å². The second-order valence-corrected chi connectivity index (χ2v) is 14.9. The Hall–Kier alpha value is -6.36. The van der Waals surface area contributed by atoms with Crippen molar-refractivity contribution < 1.29 is 0 Å². The maximum Gasteiger partial charge on any atom is 0.0541 e. The monoisotopic (exact) mass is 699 g/mol. The summed E-state index contributed by atoms with van der Waals surface area (Å²) in [5.74, 6) is 0. The first-order chi connectivity index (χ1) is 26.2. The summed E-state index contributed by atoms with van der Waals surface area (Å²) < 4.78 is 7.39. The van der Waals surface area contributed by atoms with Gasteiger partial charge in [-0.05, 0) is 85.3 Å². The zero-order valence-electron chi connectivity index (χ0n) is 29.5. The summed E-state index contributed by atoms with van der Waals surface area (Å²) >= 11 is 1.89. The Bertz CT molecular complexity index is 2940. The van der Waals surface area contributed by atoms with Gasteiger partial charge >= 0.3 is 0 Å². The number of rotatable bonds is 2. The van der Waals surface area contributed by atoms with Crippen LogP contribution in [0.1, 0.15) is 18.4 Å². The second-order valence-electron chi connectivity index (χ2n) is 13.8. The number of fused-ring (bicyclic) bond motifs is 11. The van der Waals surface area contributed by atoms with Gasteiger partial charge in [-0.15, -0.1) is 11.3 Å². The Labute approximate surface area is 312 Å². The molecule has 0 spiro atoms. The fraction of sp³-hybridized carbons (Fsp3) is 0.0612. The van der Waals surface area contributed by atoms with E-state index in [2.05, 4.69) is 198 Å². The minimum atomic E-state index is 0.997. The maximum atomic E-state index is 4.48. The first-order valence-electron chi connectivity index (χ1n) is 18.2. The van der Waals surface area contributed by atoms with E-state index in [1.807, 2.05) is 11.3 Å². The van der Waals surface area contributed by atoms with Gasteiger partial charge in [-0.2, -0.15) is 0 Å². The third-order valence-electron chi connectivity index (χ3n) is 10.7. The minimum Gasteiger partial charge on any atom is -0.351 e. The van der Waals surface area contributed by atoms with Crippen molar-refractivity contribution in [2.24, 2.45) is 0 Å². The molecule has 1 aliphatic heterocycles. The zero-order chi connectivity index (χ0) is 35.5. The number of para-hydroxylation sites is 5. The molecule has 0 unspecified atom stereocenters. The molecule has 3 aromatic heterocycles. The molecule has 0 atom stereocenters. The van der Waals surface area contributed by atoms with Gasteiger partial charge in [-0.3, -0.25) is 0 Å². The van der Waals surface area contributed by atoms with Crippen LogP contribution in [0.15, 0.2) is 177 Å². The Balaban J connectivity index is 0.000000155. The molecule has 0 N–H and O–H groups in total. The van der Waals surface area contributed by atoms with Crippen molar-refractivity contribution in [3.63, 3.8) is 0 Å². The highest BCUT2D eigenvalue weighted by Crippen LogP contribution is 2.45. The lowest BCUT2D eigenvalue weighted by molar-refractivity contribution is 1.04. The van der Waals surface area contributed by atoms with Gasteiger partial charge in [0.05, 0.1) is 22.1 Å². The molecule has 4 heterocycles. The van der Waals surface area contributed by atoms with E-state index in [0.717, 1.165) is 12.8 Å². The van der Waals surface area contributed by atoms with E-state index < -0.39 is 0 Å². The molecule has 0 saturated heterocycles. The highest BCUT2D eigenvalue weighted by Gasteiger charge is 2.19. The largest absolute Gasteiger partial charge is 0.351 e. The molecule has 0 saturated carbocycles. The van der Waals surface area contributed by atoms with Crippen molar-refractivity contribution in [3.8, 4) is 11.4 Å². The smallest absolute Gasteiger partial charge is 0.0541 e. The highest BCUT2D eigenvalue weighted by atomic mass is 32.1. The highest BCUT2D eigenvalue weighted by molar-refractivity contribution is 7.26. The van der Waals surface area contributed by atoms with E-state index in [1.54, 1.807) is 0 Å². The molecule has 1 aliphatic rings. The van der Waals surface area contributed by atoms with Gasteiger partial charge in [-0.25, -0.2) is 0 Å². The number of aromatic nitrogens is 2. The minimum absolute atomic E-state index is 0.997. The number of thiophene rings is 1. The Kier molecular flexibility index (Phi) is 7.52. The molecular weight excluding hydrogens is 663 g/mol. The molecule has 11 rings (SSSR count). The van der Waals surface area contributed by atoms with Gasteiger partial charge in [0.15, 0.2) is 0 Å². The summed E-state index contributed by atoms with van der Waals surface area (Å²) in [4.78, 5) is 2.23. The van der Waals surface area contributed by atoms with Gasteiger partial charge in [0.2, 0.25) is 0 Å². The number of hydrogen-bond acceptors (Lipinski definition) is 2. The van der Waals surface area contributed by atoms with Crippen molar-refractivity contribution >= 4 is 86.4 Å². The van der Waals surface area contributed by atoms with E-state index in [0.29, 0.717) is 0 Å². The van der Waals surface area contributed by atoms with E-state index in [4.69, 9.17) is 0 Å². The van der Waals surface area contributed by atoms with E-state index in [-0.39, 0.29) is 0 Å². The second kappa shape index (κ2) is 12.7. The average molecular weight is 700 g/mol. The summed E-state index contributed by atoms with van der Waals surface area (Å²) in [6.45, 7) is 4.48. The molecule has 4 heteroatoms. The number of nitrogens with zero attached hydrogens (tertiary/aromatic N) is 3. The van der Waals surface area contributed by atoms with Crippen LogP contribution in [0.2, 0.25) is 0 Å². The molecule has 7 aromatic carbocycles. The molecule has 0 fully saturated rings. The first kappa shape index (κ1) is 31.4. The molecule has 0 amide bonds. The van der Waals surface area contributed by atoms with E-state index >= 15 is 0 Å². The molecule has 10 aromatic rings. The molecule has 53 heavy (non-hydrogen) atoms. The van der Waals surface area contributed by atoms with Crippen LogP contribution in [0.5, 0.6) is 0 Å². The predicted octanol–water partition coefficient (Wildman–Crippen LogP) is 13.7. The summed E-state index contributed by atoms with van der Waals surface area (Å²) in [7, 11) is 2.13. The standard InChI is InChI=1S/C31H24N2S.C18H13N/c1-20-9-7-8-18-32(2)28-16-15-24-25-19-21(14-17-29(25)34-31(24)30(20)28)33-26-12-5-3-10-22(26)23-11-4-6-13-27(23)33;1-2-8-14(9-3-1)19-17-12-6-4-10-15(17)16-11-5-7-13-18(16)19/h3-6,8,10-19H,1,7,9H2,2H3;1-13H/b18-8-;. The fourth-order valence-corrected chi connectivity index (χ4v) is 9.54. The number of hydrogen-bond donors (Lipinski definition) is 0. The maximum absolute atomic E-state index is 4.48. The molecule has 254 valence electrons. The SMILES string of the molecule is C=C1CC/C=C\N(C)c2ccc3c(sc4ccc(-n5c6ccccc6c6ccccc65)cc43)c21.c1ccc(-n2c3ccccc3c3ccccc32)cc1. The van der Waals surface area contributed by atoms with Crippen LogP contribution in [0.25, 0.3) is 80.7 Å². The van der Waals surface area contributed by atoms with Gasteiger partial charge in [0.1, 0.15) is 0 Å². The van der Waals surface area contributed by atoms with E-state index in [9.17, 15) is 0 Å². The Morgan fingerprint density at radius 2 is 1.04 bits per heavy atom. The summed E-state index contributed by atoms with van der Waals surface area (Å²) in [5.41, 5.74) is 11.2. The first-order valence-corrected chi connectivity index (χ1v) is 19.1. The Morgan fingerprint density at radius 1 is 0.509 bits per heavy atom. The zero-order valence-corrected chi connectivity index (χ0v) is 30.4. The van der Waals surface area contributed by atoms with Crippen molar-refractivity contribution in [3.05, 3.63) is 182 Å². The van der Waals surface area contributed by atoms with Gasteiger partial charge in [0.25, 0.3) is 0 Å². The fourth-order valence-electron chi connectivity index (χ4n) is 8.27. The van der Waals surface area contributed by atoms with Crippen LogP contribution in [-0.2, 0) is 0 Å². The van der Waals surface area contributed by atoms with Crippen LogP contribution in [0.4, 0.5) is 5.69 Å². The van der Waals surface area contributed by atoms with Crippen LogP contribution in [0, 0.1) is 0 Å². The average Bonchev–Trinajstić information content (AvgIpc) is 3.86. The topological polar surface area (TPSA) is 13.1 Å². The van der Waals surface area contributed by atoms with Crippen molar-refractivity contribution in [2.45, 2.75) is 12.8 Å². The molecule has 0 aliphatic carbocycles. The molecule has 0 radical (unpaired) electrons. The van der Waals surface area contributed by atoms with Gasteiger partial charge < -0.3 is 14.0 Å². The van der Waals surface area contributed by atoms with Crippen LogP contribution >= 0.6 is 11.3 Å². The van der Waals surface area contributed by atoms with Crippen LogP contribution < -0.4 is 4.90 Å². The lowest BCUT2D eigenvalue weighted by atomic mass is 9.97. The van der Waals surface area contributed by atoms with Crippen molar-refractivity contribution in [2.75, 3.05) is 11.9 Å². The third kappa shape index (κ3) is 5.09. The van der Waals surface area contributed by atoms with Crippen molar-refractivity contribution in [1.29, 1.82) is 0 Å². The van der Waals surface area contributed by atoms with Crippen LogP contribution in [-0.4, -0.2) is 16.2 Å². The molecular formula is C49H37N3S. The quantitative estimate of drug-likeness (QED) is 0.175. The predicted molar refractivity (Wildman–Crippen MR) is 230 cm³/mol. The van der Waals surface area contributed by atoms with Gasteiger partial charge in [-0.1, -0.05) is 110 Å². The lowest BCUT2D eigenvalue weighted by Crippen LogP contribution is -2.11. The summed E-state index contributed by atoms with van der Waals surface area (Å²) in [6.07, 6.45) is 6.45. The number of anilines is 1. The number of allylic oxidation sites excluding steroid dienone is 2. The molecule has 0 bridgehead atoms.